The quantitative estimate of drug-likeness (QED) is 0.880. The van der Waals surface area contributed by atoms with Crippen molar-refractivity contribution in [2.45, 2.75) is 13.0 Å². The molecule has 2 N–H and O–H groups in total. The molecule has 0 saturated heterocycles. The fourth-order valence-electron chi connectivity index (χ4n) is 2.60. The van der Waals surface area contributed by atoms with Crippen molar-refractivity contribution < 1.29 is 14.0 Å². The monoisotopic (exact) mass is 337 g/mol. The Morgan fingerprint density at radius 2 is 1.84 bits per heavy atom. The molecule has 1 aliphatic rings. The van der Waals surface area contributed by atoms with Gasteiger partial charge in [0.05, 0.1) is 23.5 Å². The molecule has 126 valence electrons. The van der Waals surface area contributed by atoms with Gasteiger partial charge in [-0.15, -0.1) is 0 Å². The summed E-state index contributed by atoms with van der Waals surface area (Å²) in [7, 11) is 0. The second-order valence-electron chi connectivity index (χ2n) is 5.97. The third-order valence-corrected chi connectivity index (χ3v) is 4.10. The Bertz CT molecular complexity index is 842. The summed E-state index contributed by atoms with van der Waals surface area (Å²) in [4.78, 5) is 24.3. The molecule has 0 radical (unpaired) electrons. The molecule has 5 nitrogen and oxygen atoms in total. The third-order valence-electron chi connectivity index (χ3n) is 4.10. The van der Waals surface area contributed by atoms with Crippen LogP contribution < -0.4 is 10.6 Å². The van der Waals surface area contributed by atoms with E-state index in [1.165, 1.54) is 12.1 Å². The number of hydrogen-bond donors (Lipinski definition) is 2. The van der Waals surface area contributed by atoms with Crippen LogP contribution in [0.5, 0.6) is 0 Å². The Morgan fingerprint density at radius 1 is 1.12 bits per heavy atom. The molecular weight excluding hydrogens is 321 g/mol. The highest BCUT2D eigenvalue weighted by Crippen LogP contribution is 2.39. The van der Waals surface area contributed by atoms with Crippen LogP contribution in [0.1, 0.15) is 17.5 Å². The van der Waals surface area contributed by atoms with Crippen LogP contribution in [-0.4, -0.2) is 11.8 Å². The smallest absolute Gasteiger partial charge is 0.228 e. The number of amides is 2. The van der Waals surface area contributed by atoms with Crippen molar-refractivity contribution in [3.63, 3.8) is 0 Å². The van der Waals surface area contributed by atoms with Crippen molar-refractivity contribution >= 4 is 17.5 Å². The topological polar surface area (TPSA) is 82.0 Å². The van der Waals surface area contributed by atoms with Gasteiger partial charge in [0, 0.05) is 12.2 Å². The number of hydrogen-bond acceptors (Lipinski definition) is 3. The van der Waals surface area contributed by atoms with Gasteiger partial charge in [-0.2, -0.15) is 5.26 Å². The summed E-state index contributed by atoms with van der Waals surface area (Å²) < 4.78 is 12.8. The molecule has 2 aromatic rings. The highest BCUT2D eigenvalue weighted by molar-refractivity contribution is 5.99. The first kappa shape index (κ1) is 16.7. The summed E-state index contributed by atoms with van der Waals surface area (Å²) in [6.45, 7) is 0.300. The van der Waals surface area contributed by atoms with Gasteiger partial charge in [0.1, 0.15) is 5.82 Å². The number of rotatable bonds is 5. The SMILES string of the molecule is N#Cc1cccc(NC(=O)C2CC2C(=O)NCc2ccc(F)cc2)c1. The number of nitrogens with one attached hydrogen (secondary N) is 2. The van der Waals surface area contributed by atoms with E-state index >= 15 is 0 Å². The van der Waals surface area contributed by atoms with E-state index < -0.39 is 0 Å². The summed E-state index contributed by atoms with van der Waals surface area (Å²) in [6, 6.07) is 14.5. The fourth-order valence-corrected chi connectivity index (χ4v) is 2.60. The van der Waals surface area contributed by atoms with Crippen molar-refractivity contribution in [1.82, 2.24) is 5.32 Å². The van der Waals surface area contributed by atoms with Crippen LogP contribution in [-0.2, 0) is 16.1 Å². The van der Waals surface area contributed by atoms with Crippen molar-refractivity contribution in [3.8, 4) is 6.07 Å². The Hall–Kier alpha value is -3.20. The van der Waals surface area contributed by atoms with Crippen molar-refractivity contribution in [1.29, 1.82) is 5.26 Å². The summed E-state index contributed by atoms with van der Waals surface area (Å²) in [5.74, 6) is -1.44. The molecular formula is C19H16FN3O2. The van der Waals surface area contributed by atoms with Crippen molar-refractivity contribution in [2.75, 3.05) is 5.32 Å². The number of nitrogens with zero attached hydrogens (tertiary/aromatic N) is 1. The average Bonchev–Trinajstić information content (AvgIpc) is 3.42. The molecule has 1 fully saturated rings. The van der Waals surface area contributed by atoms with Gasteiger partial charge in [-0.25, -0.2) is 4.39 Å². The molecule has 2 unspecified atom stereocenters. The first-order valence-electron chi connectivity index (χ1n) is 7.90. The molecule has 0 aliphatic heterocycles. The second-order valence-corrected chi connectivity index (χ2v) is 5.97. The van der Waals surface area contributed by atoms with Crippen LogP contribution in [0.25, 0.3) is 0 Å². The lowest BCUT2D eigenvalue weighted by Crippen LogP contribution is -2.27. The predicted octanol–water partition coefficient (Wildman–Crippen LogP) is 2.59. The Morgan fingerprint density at radius 3 is 2.56 bits per heavy atom. The molecule has 1 saturated carbocycles. The van der Waals surface area contributed by atoms with Gasteiger partial charge >= 0.3 is 0 Å². The normalized spacial score (nSPS) is 18.1. The Labute approximate surface area is 144 Å². The van der Waals surface area contributed by atoms with Crippen LogP contribution in [0.4, 0.5) is 10.1 Å². The molecule has 0 bridgehead atoms. The van der Waals surface area contributed by atoms with Crippen molar-refractivity contribution in [2.24, 2.45) is 11.8 Å². The standard InChI is InChI=1S/C19H16FN3O2/c20-14-6-4-12(5-7-14)11-22-18(24)16-9-17(16)19(25)23-15-3-1-2-13(8-15)10-21/h1-8,16-17H,9,11H2,(H,22,24)(H,23,25). The summed E-state index contributed by atoms with van der Waals surface area (Å²) >= 11 is 0. The molecule has 0 heterocycles. The van der Waals surface area contributed by atoms with E-state index in [9.17, 15) is 14.0 Å². The molecule has 2 amide bonds. The maximum atomic E-state index is 12.8. The molecule has 2 atom stereocenters. The summed E-state index contributed by atoms with van der Waals surface area (Å²) in [6.07, 6.45) is 0.499. The van der Waals surface area contributed by atoms with Crippen LogP contribution in [0, 0.1) is 29.0 Å². The van der Waals surface area contributed by atoms with Crippen LogP contribution in [0.15, 0.2) is 48.5 Å². The van der Waals surface area contributed by atoms with Crippen molar-refractivity contribution in [3.05, 3.63) is 65.5 Å². The molecule has 0 aromatic heterocycles. The first-order chi connectivity index (χ1) is 12.1. The highest BCUT2D eigenvalue weighted by atomic mass is 19.1. The summed E-state index contributed by atoms with van der Waals surface area (Å²) in [5, 5.41) is 14.4. The third kappa shape index (κ3) is 4.21. The average molecular weight is 337 g/mol. The van der Waals surface area contributed by atoms with E-state index in [0.29, 0.717) is 24.2 Å². The van der Waals surface area contributed by atoms with Crippen LogP contribution >= 0.6 is 0 Å². The van der Waals surface area contributed by atoms with Crippen LogP contribution in [0.3, 0.4) is 0 Å². The van der Waals surface area contributed by atoms with Gasteiger partial charge in [-0.1, -0.05) is 18.2 Å². The number of halogens is 1. The van der Waals surface area contributed by atoms with Gasteiger partial charge in [0.25, 0.3) is 0 Å². The number of carbonyl (C=O) groups is 2. The van der Waals surface area contributed by atoms with E-state index in [-0.39, 0.29) is 29.5 Å². The van der Waals surface area contributed by atoms with E-state index in [2.05, 4.69) is 10.6 Å². The largest absolute Gasteiger partial charge is 0.352 e. The second kappa shape index (κ2) is 7.14. The molecule has 25 heavy (non-hydrogen) atoms. The lowest BCUT2D eigenvalue weighted by Gasteiger charge is -2.06. The minimum atomic E-state index is -0.362. The zero-order chi connectivity index (χ0) is 17.8. The Kier molecular flexibility index (Phi) is 4.75. The number of benzene rings is 2. The zero-order valence-corrected chi connectivity index (χ0v) is 13.3. The van der Waals surface area contributed by atoms with E-state index in [4.69, 9.17) is 5.26 Å². The minimum Gasteiger partial charge on any atom is -0.352 e. The zero-order valence-electron chi connectivity index (χ0n) is 13.3. The van der Waals surface area contributed by atoms with E-state index in [0.717, 1.165) is 5.56 Å². The lowest BCUT2D eigenvalue weighted by molar-refractivity contribution is -0.125. The number of carbonyl (C=O) groups excluding carboxylic acids is 2. The van der Waals surface area contributed by atoms with E-state index in [1.807, 2.05) is 6.07 Å². The Balaban J connectivity index is 1.49. The van der Waals surface area contributed by atoms with Gasteiger partial charge in [0.15, 0.2) is 0 Å². The molecule has 1 aliphatic carbocycles. The van der Waals surface area contributed by atoms with E-state index in [1.54, 1.807) is 36.4 Å². The van der Waals surface area contributed by atoms with Gasteiger partial charge in [0.2, 0.25) is 11.8 Å². The molecule has 0 spiro atoms. The van der Waals surface area contributed by atoms with Gasteiger partial charge in [-0.05, 0) is 42.3 Å². The first-order valence-corrected chi connectivity index (χ1v) is 7.90. The summed E-state index contributed by atoms with van der Waals surface area (Å²) in [5.41, 5.74) is 1.80. The maximum absolute atomic E-state index is 12.8. The van der Waals surface area contributed by atoms with Gasteiger partial charge in [-0.3, -0.25) is 9.59 Å². The molecule has 2 aromatic carbocycles. The highest BCUT2D eigenvalue weighted by Gasteiger charge is 2.47. The van der Waals surface area contributed by atoms with Crippen LogP contribution in [0.2, 0.25) is 0 Å². The fraction of sp³-hybridized carbons (Fsp3) is 0.211. The maximum Gasteiger partial charge on any atom is 0.228 e. The predicted molar refractivity (Wildman–Crippen MR) is 89.6 cm³/mol. The number of nitriles is 1. The molecule has 3 rings (SSSR count). The van der Waals surface area contributed by atoms with Gasteiger partial charge < -0.3 is 10.6 Å². The number of anilines is 1. The molecule has 6 heteroatoms. The minimum absolute atomic E-state index is 0.185. The lowest BCUT2D eigenvalue weighted by atomic mass is 10.2.